The zero-order valence-corrected chi connectivity index (χ0v) is 14.4. The van der Waals surface area contributed by atoms with E-state index in [0.29, 0.717) is 0 Å². The summed E-state index contributed by atoms with van der Waals surface area (Å²) in [5.41, 5.74) is 5.91. The molecule has 1 unspecified atom stereocenters. The molecule has 0 saturated heterocycles. The number of aryl methyl sites for hydroxylation is 3. The van der Waals surface area contributed by atoms with E-state index < -0.39 is 6.10 Å². The molecule has 0 amide bonds. The third kappa shape index (κ3) is 3.07. The number of benzene rings is 2. The van der Waals surface area contributed by atoms with Crippen LogP contribution < -0.4 is 0 Å². The van der Waals surface area contributed by atoms with Crippen LogP contribution >= 0.6 is 22.6 Å². The van der Waals surface area contributed by atoms with Crippen molar-refractivity contribution >= 4 is 22.6 Å². The minimum Gasteiger partial charge on any atom is -0.384 e. The number of hydrogen-bond donors (Lipinski definition) is 1. The van der Waals surface area contributed by atoms with Crippen molar-refractivity contribution in [3.8, 4) is 0 Å². The van der Waals surface area contributed by atoms with Gasteiger partial charge in [0.25, 0.3) is 0 Å². The molecule has 0 spiro atoms. The van der Waals surface area contributed by atoms with E-state index in [-0.39, 0.29) is 0 Å². The molecule has 0 aliphatic heterocycles. The lowest BCUT2D eigenvalue weighted by molar-refractivity contribution is 0.219. The van der Waals surface area contributed by atoms with E-state index in [1.807, 2.05) is 12.1 Å². The standard InChI is InChI=1S/C18H21IO/c1-4-13-9-10-15(11-14(13)5-2)18(20)16-8-6-7-12(3)17(16)19/h6-11,18,20H,4-5H2,1-3H3. The van der Waals surface area contributed by atoms with E-state index >= 15 is 0 Å². The predicted molar refractivity (Wildman–Crippen MR) is 93.2 cm³/mol. The second-order valence-corrected chi connectivity index (χ2v) is 6.19. The monoisotopic (exact) mass is 380 g/mol. The Morgan fingerprint density at radius 2 is 1.75 bits per heavy atom. The number of halogens is 1. The van der Waals surface area contributed by atoms with E-state index in [9.17, 15) is 5.11 Å². The maximum absolute atomic E-state index is 10.7. The summed E-state index contributed by atoms with van der Waals surface area (Å²) in [6.45, 7) is 6.42. The Bertz CT molecular complexity index is 604. The zero-order chi connectivity index (χ0) is 14.7. The van der Waals surface area contributed by atoms with E-state index in [2.05, 4.69) is 67.6 Å². The summed E-state index contributed by atoms with van der Waals surface area (Å²) in [4.78, 5) is 0. The molecule has 0 heterocycles. The van der Waals surface area contributed by atoms with Crippen molar-refractivity contribution in [3.63, 3.8) is 0 Å². The van der Waals surface area contributed by atoms with E-state index in [0.717, 1.165) is 27.5 Å². The first kappa shape index (κ1) is 15.5. The Labute approximate surface area is 135 Å². The van der Waals surface area contributed by atoms with Gasteiger partial charge in [0.2, 0.25) is 0 Å². The number of hydrogen-bond acceptors (Lipinski definition) is 1. The summed E-state index contributed by atoms with van der Waals surface area (Å²) in [6.07, 6.45) is 1.51. The molecule has 0 saturated carbocycles. The summed E-state index contributed by atoms with van der Waals surface area (Å²) < 4.78 is 1.15. The Hall–Kier alpha value is -0.870. The summed E-state index contributed by atoms with van der Waals surface area (Å²) in [5.74, 6) is 0. The zero-order valence-electron chi connectivity index (χ0n) is 12.3. The molecule has 1 nitrogen and oxygen atoms in total. The lowest BCUT2D eigenvalue weighted by atomic mass is 9.94. The fourth-order valence-electron chi connectivity index (χ4n) is 2.55. The normalized spacial score (nSPS) is 12.4. The van der Waals surface area contributed by atoms with Crippen LogP contribution in [0.15, 0.2) is 36.4 Å². The molecule has 0 aliphatic rings. The van der Waals surface area contributed by atoms with Crippen LogP contribution in [0.5, 0.6) is 0 Å². The van der Waals surface area contributed by atoms with Crippen LogP contribution in [-0.4, -0.2) is 5.11 Å². The molecular formula is C18H21IO. The van der Waals surface area contributed by atoms with Crippen molar-refractivity contribution in [3.05, 3.63) is 67.8 Å². The van der Waals surface area contributed by atoms with Gasteiger partial charge >= 0.3 is 0 Å². The molecule has 2 rings (SSSR count). The molecule has 0 aromatic heterocycles. The highest BCUT2D eigenvalue weighted by Gasteiger charge is 2.15. The van der Waals surface area contributed by atoms with Gasteiger partial charge in [-0.25, -0.2) is 0 Å². The lowest BCUT2D eigenvalue weighted by Crippen LogP contribution is -2.04. The number of rotatable bonds is 4. The second kappa shape index (κ2) is 6.72. The van der Waals surface area contributed by atoms with Gasteiger partial charge in [0.15, 0.2) is 0 Å². The topological polar surface area (TPSA) is 20.2 Å². The fourth-order valence-corrected chi connectivity index (χ4v) is 3.21. The Kier molecular flexibility index (Phi) is 5.22. The Morgan fingerprint density at radius 1 is 1.05 bits per heavy atom. The van der Waals surface area contributed by atoms with Gasteiger partial charge in [0, 0.05) is 3.57 Å². The minimum absolute atomic E-state index is 0.544. The molecule has 2 aromatic rings. The molecule has 1 atom stereocenters. The van der Waals surface area contributed by atoms with Crippen molar-refractivity contribution in [1.29, 1.82) is 0 Å². The largest absolute Gasteiger partial charge is 0.384 e. The van der Waals surface area contributed by atoms with E-state index in [4.69, 9.17) is 0 Å². The summed E-state index contributed by atoms with van der Waals surface area (Å²) in [5, 5.41) is 10.7. The van der Waals surface area contributed by atoms with Gasteiger partial charge in [-0.3, -0.25) is 0 Å². The van der Waals surface area contributed by atoms with Crippen molar-refractivity contribution < 1.29 is 5.11 Å². The molecule has 0 aliphatic carbocycles. The number of aliphatic hydroxyl groups excluding tert-OH is 1. The Morgan fingerprint density at radius 3 is 2.40 bits per heavy atom. The van der Waals surface area contributed by atoms with Crippen molar-refractivity contribution in [2.75, 3.05) is 0 Å². The highest BCUT2D eigenvalue weighted by atomic mass is 127. The van der Waals surface area contributed by atoms with Gasteiger partial charge < -0.3 is 5.11 Å². The van der Waals surface area contributed by atoms with Crippen LogP contribution in [0.3, 0.4) is 0 Å². The molecule has 2 aromatic carbocycles. The van der Waals surface area contributed by atoms with Crippen LogP contribution in [0.2, 0.25) is 0 Å². The van der Waals surface area contributed by atoms with Gasteiger partial charge in [-0.05, 0) is 70.2 Å². The lowest BCUT2D eigenvalue weighted by Gasteiger charge is -2.17. The van der Waals surface area contributed by atoms with Crippen LogP contribution in [0.4, 0.5) is 0 Å². The highest BCUT2D eigenvalue weighted by Crippen LogP contribution is 2.29. The number of aliphatic hydroxyl groups is 1. The van der Waals surface area contributed by atoms with Crippen molar-refractivity contribution in [2.24, 2.45) is 0 Å². The Balaban J connectivity index is 2.43. The van der Waals surface area contributed by atoms with Gasteiger partial charge in [0.05, 0.1) is 0 Å². The third-order valence-electron chi connectivity index (χ3n) is 3.82. The van der Waals surface area contributed by atoms with Crippen LogP contribution in [0, 0.1) is 10.5 Å². The quantitative estimate of drug-likeness (QED) is 0.755. The molecule has 0 radical (unpaired) electrons. The smallest absolute Gasteiger partial charge is 0.105 e. The van der Waals surface area contributed by atoms with E-state index in [1.54, 1.807) is 0 Å². The summed E-state index contributed by atoms with van der Waals surface area (Å²) >= 11 is 2.32. The average molecular weight is 380 g/mol. The first-order chi connectivity index (χ1) is 9.58. The van der Waals surface area contributed by atoms with Gasteiger partial charge in [-0.2, -0.15) is 0 Å². The van der Waals surface area contributed by atoms with Gasteiger partial charge in [-0.15, -0.1) is 0 Å². The second-order valence-electron chi connectivity index (χ2n) is 5.12. The van der Waals surface area contributed by atoms with Crippen LogP contribution in [0.1, 0.15) is 47.8 Å². The molecule has 0 bridgehead atoms. The SMILES string of the molecule is CCc1ccc(C(O)c2cccc(C)c2I)cc1CC. The first-order valence-corrected chi connectivity index (χ1v) is 8.21. The molecular weight excluding hydrogens is 359 g/mol. The third-order valence-corrected chi connectivity index (χ3v) is 5.30. The van der Waals surface area contributed by atoms with Gasteiger partial charge in [0.1, 0.15) is 6.10 Å². The average Bonchev–Trinajstić information content (AvgIpc) is 2.48. The van der Waals surface area contributed by atoms with Crippen LogP contribution in [0.25, 0.3) is 0 Å². The predicted octanol–water partition coefficient (Wildman–Crippen LogP) is 4.81. The highest BCUT2D eigenvalue weighted by molar-refractivity contribution is 14.1. The first-order valence-electron chi connectivity index (χ1n) is 7.13. The summed E-state index contributed by atoms with van der Waals surface area (Å²) in [6, 6.07) is 12.5. The maximum atomic E-state index is 10.7. The minimum atomic E-state index is -0.544. The van der Waals surface area contributed by atoms with Crippen molar-refractivity contribution in [1.82, 2.24) is 0 Å². The summed E-state index contributed by atoms with van der Waals surface area (Å²) in [7, 11) is 0. The fraction of sp³-hybridized carbons (Fsp3) is 0.333. The molecule has 106 valence electrons. The van der Waals surface area contributed by atoms with Gasteiger partial charge in [-0.1, -0.05) is 50.2 Å². The van der Waals surface area contributed by atoms with Crippen LogP contribution in [-0.2, 0) is 12.8 Å². The maximum Gasteiger partial charge on any atom is 0.105 e. The van der Waals surface area contributed by atoms with Crippen molar-refractivity contribution in [2.45, 2.75) is 39.7 Å². The molecule has 1 N–H and O–H groups in total. The van der Waals surface area contributed by atoms with E-state index in [1.165, 1.54) is 16.7 Å². The molecule has 0 fully saturated rings. The molecule has 2 heteroatoms. The molecule has 20 heavy (non-hydrogen) atoms.